The van der Waals surface area contributed by atoms with Crippen molar-refractivity contribution in [2.75, 3.05) is 18.9 Å². The van der Waals surface area contributed by atoms with Crippen LogP contribution in [0.25, 0.3) is 0 Å². The summed E-state index contributed by atoms with van der Waals surface area (Å²) in [5.74, 6) is -2.24. The van der Waals surface area contributed by atoms with Gasteiger partial charge in [-0.3, -0.25) is 24.5 Å². The number of carbonyl (C=O) groups excluding carboxylic acids is 4. The quantitative estimate of drug-likeness (QED) is 0.776. The van der Waals surface area contributed by atoms with Crippen LogP contribution in [0.5, 0.6) is 0 Å². The van der Waals surface area contributed by atoms with E-state index in [2.05, 4.69) is 10.6 Å². The Labute approximate surface area is 138 Å². The number of amides is 4. The van der Waals surface area contributed by atoms with E-state index in [0.29, 0.717) is 10.7 Å². The van der Waals surface area contributed by atoms with E-state index in [0.717, 1.165) is 0 Å². The molecule has 7 nitrogen and oxygen atoms in total. The number of nitrogens with zero attached hydrogens (tertiary/aromatic N) is 1. The summed E-state index contributed by atoms with van der Waals surface area (Å²) in [7, 11) is 1.47. The Bertz CT molecular complexity index is 662. The highest BCUT2D eigenvalue weighted by Crippen LogP contribution is 2.17. The predicted octanol–water partition coefficient (Wildman–Crippen LogP) is 0.790. The van der Waals surface area contributed by atoms with Crippen LogP contribution in [0.3, 0.4) is 0 Å². The second-order valence-electron chi connectivity index (χ2n) is 5.33. The third kappa shape index (κ3) is 4.79. The summed E-state index contributed by atoms with van der Waals surface area (Å²) < 4.78 is 0. The molecule has 1 aliphatic rings. The van der Waals surface area contributed by atoms with E-state index in [1.807, 2.05) is 0 Å². The lowest BCUT2D eigenvalue weighted by atomic mass is 10.0. The molecule has 0 saturated carbocycles. The van der Waals surface area contributed by atoms with E-state index in [1.54, 1.807) is 24.3 Å². The van der Waals surface area contributed by atoms with Crippen LogP contribution < -0.4 is 10.6 Å². The summed E-state index contributed by atoms with van der Waals surface area (Å²) in [5, 5.41) is 5.27. The van der Waals surface area contributed by atoms with Crippen LogP contribution in [0, 0.1) is 5.92 Å². The van der Waals surface area contributed by atoms with Gasteiger partial charge in [0.15, 0.2) is 0 Å². The molecule has 0 aromatic heterocycles. The molecule has 0 radical (unpaired) electrons. The number of anilines is 1. The SMILES string of the molecule is CN(CC(=O)Nc1cccc(Cl)c1)C(=O)CC1CC(=O)NC1=O. The minimum Gasteiger partial charge on any atom is -0.336 e. The Morgan fingerprint density at radius 3 is 2.74 bits per heavy atom. The summed E-state index contributed by atoms with van der Waals surface area (Å²) in [5.41, 5.74) is 0.532. The van der Waals surface area contributed by atoms with Gasteiger partial charge in [0.05, 0.1) is 12.5 Å². The largest absolute Gasteiger partial charge is 0.336 e. The van der Waals surface area contributed by atoms with Crippen LogP contribution in [0.4, 0.5) is 5.69 Å². The molecule has 0 bridgehead atoms. The van der Waals surface area contributed by atoms with Crippen LogP contribution >= 0.6 is 11.6 Å². The van der Waals surface area contributed by atoms with Crippen molar-refractivity contribution in [3.8, 4) is 0 Å². The first-order valence-electron chi connectivity index (χ1n) is 6.98. The molecular formula is C15H16ClN3O4. The zero-order valence-electron chi connectivity index (χ0n) is 12.5. The molecule has 0 spiro atoms. The number of nitrogens with one attached hydrogen (secondary N) is 2. The molecule has 0 aliphatic carbocycles. The summed E-state index contributed by atoms with van der Waals surface area (Å²) in [4.78, 5) is 47.7. The molecular weight excluding hydrogens is 322 g/mol. The van der Waals surface area contributed by atoms with Crippen molar-refractivity contribution in [1.29, 1.82) is 0 Å². The Morgan fingerprint density at radius 1 is 1.39 bits per heavy atom. The lowest BCUT2D eigenvalue weighted by Gasteiger charge is -2.18. The van der Waals surface area contributed by atoms with Crippen molar-refractivity contribution < 1.29 is 19.2 Å². The standard InChI is InChI=1S/C15H16ClN3O4/c1-19(14(22)6-9-5-12(20)18-15(9)23)8-13(21)17-11-4-2-3-10(16)7-11/h2-4,7,9H,5-6,8H2,1H3,(H,17,21)(H,18,20,23). The fourth-order valence-electron chi connectivity index (χ4n) is 2.21. The minimum absolute atomic E-state index is 0.00707. The van der Waals surface area contributed by atoms with Crippen molar-refractivity contribution in [2.24, 2.45) is 5.92 Å². The predicted molar refractivity (Wildman–Crippen MR) is 83.6 cm³/mol. The fraction of sp³-hybridized carbons (Fsp3) is 0.333. The summed E-state index contributed by atoms with van der Waals surface area (Å²) in [6, 6.07) is 6.65. The van der Waals surface area contributed by atoms with Crippen molar-refractivity contribution in [3.05, 3.63) is 29.3 Å². The van der Waals surface area contributed by atoms with Gasteiger partial charge in [-0.2, -0.15) is 0 Å². The second kappa shape index (κ2) is 7.23. The molecule has 1 unspecified atom stereocenters. The van der Waals surface area contributed by atoms with Crippen molar-refractivity contribution >= 4 is 40.9 Å². The van der Waals surface area contributed by atoms with Gasteiger partial charge in [-0.25, -0.2) is 0 Å². The van der Waals surface area contributed by atoms with Crippen LogP contribution in [-0.4, -0.2) is 42.1 Å². The van der Waals surface area contributed by atoms with E-state index in [4.69, 9.17) is 11.6 Å². The van der Waals surface area contributed by atoms with Crippen molar-refractivity contribution in [1.82, 2.24) is 10.2 Å². The molecule has 1 atom stereocenters. The second-order valence-corrected chi connectivity index (χ2v) is 5.76. The van der Waals surface area contributed by atoms with Gasteiger partial charge in [-0.05, 0) is 18.2 Å². The number of hydrogen-bond acceptors (Lipinski definition) is 4. The third-order valence-corrected chi connectivity index (χ3v) is 3.64. The number of halogens is 1. The molecule has 1 aliphatic heterocycles. The summed E-state index contributed by atoms with van der Waals surface area (Å²) >= 11 is 5.82. The molecule has 23 heavy (non-hydrogen) atoms. The van der Waals surface area contributed by atoms with Gasteiger partial charge in [0, 0.05) is 30.6 Å². The first kappa shape index (κ1) is 17.0. The molecule has 4 amide bonds. The first-order valence-corrected chi connectivity index (χ1v) is 7.36. The lowest BCUT2D eigenvalue weighted by molar-refractivity contribution is -0.136. The average Bonchev–Trinajstić information content (AvgIpc) is 2.76. The zero-order valence-corrected chi connectivity index (χ0v) is 13.2. The van der Waals surface area contributed by atoms with Gasteiger partial charge >= 0.3 is 0 Å². The molecule has 8 heteroatoms. The van der Waals surface area contributed by atoms with Gasteiger partial charge < -0.3 is 10.2 Å². The molecule has 1 saturated heterocycles. The van der Waals surface area contributed by atoms with Gasteiger partial charge in [0.2, 0.25) is 23.6 Å². The van der Waals surface area contributed by atoms with E-state index in [9.17, 15) is 19.2 Å². The molecule has 1 aromatic rings. The van der Waals surface area contributed by atoms with Crippen LogP contribution in [0.1, 0.15) is 12.8 Å². The Morgan fingerprint density at radius 2 is 2.13 bits per heavy atom. The van der Waals surface area contributed by atoms with Gasteiger partial charge in [0.25, 0.3) is 0 Å². The molecule has 122 valence electrons. The first-order chi connectivity index (χ1) is 10.8. The number of imide groups is 1. The highest BCUT2D eigenvalue weighted by Gasteiger charge is 2.33. The van der Waals surface area contributed by atoms with Crippen molar-refractivity contribution in [2.45, 2.75) is 12.8 Å². The topological polar surface area (TPSA) is 95.6 Å². The number of likely N-dealkylation sites (N-methyl/N-ethyl adjacent to an activating group) is 1. The van der Waals surface area contributed by atoms with Crippen molar-refractivity contribution in [3.63, 3.8) is 0 Å². The Balaban J connectivity index is 1.84. The molecule has 2 N–H and O–H groups in total. The van der Waals surface area contributed by atoms with Gasteiger partial charge in [-0.1, -0.05) is 17.7 Å². The number of rotatable bonds is 5. The number of hydrogen-bond donors (Lipinski definition) is 2. The van der Waals surface area contributed by atoms with Gasteiger partial charge in [0.1, 0.15) is 0 Å². The maximum atomic E-state index is 12.0. The minimum atomic E-state index is -0.659. The smallest absolute Gasteiger partial charge is 0.243 e. The van der Waals surface area contributed by atoms with Crippen LogP contribution in [-0.2, 0) is 19.2 Å². The number of benzene rings is 1. The summed E-state index contributed by atoms with van der Waals surface area (Å²) in [6.45, 7) is -0.159. The fourth-order valence-corrected chi connectivity index (χ4v) is 2.40. The van der Waals surface area contributed by atoms with Crippen LogP contribution in [0.15, 0.2) is 24.3 Å². The Hall–Kier alpha value is -2.41. The van der Waals surface area contributed by atoms with Gasteiger partial charge in [-0.15, -0.1) is 0 Å². The lowest BCUT2D eigenvalue weighted by Crippen LogP contribution is -2.36. The number of carbonyl (C=O) groups is 4. The summed E-state index contributed by atoms with van der Waals surface area (Å²) in [6.07, 6.45) is -0.0916. The highest BCUT2D eigenvalue weighted by atomic mass is 35.5. The highest BCUT2D eigenvalue weighted by molar-refractivity contribution is 6.30. The van der Waals surface area contributed by atoms with E-state index < -0.39 is 11.8 Å². The molecule has 1 fully saturated rings. The normalized spacial score (nSPS) is 16.9. The maximum absolute atomic E-state index is 12.0. The molecule has 1 aromatic carbocycles. The molecule has 1 heterocycles. The zero-order chi connectivity index (χ0) is 17.0. The molecule has 2 rings (SSSR count). The van der Waals surface area contributed by atoms with E-state index in [-0.39, 0.29) is 37.1 Å². The maximum Gasteiger partial charge on any atom is 0.243 e. The van der Waals surface area contributed by atoms with E-state index >= 15 is 0 Å². The third-order valence-electron chi connectivity index (χ3n) is 3.40. The van der Waals surface area contributed by atoms with E-state index in [1.165, 1.54) is 11.9 Å². The Kier molecular flexibility index (Phi) is 5.33. The van der Waals surface area contributed by atoms with Crippen LogP contribution in [0.2, 0.25) is 5.02 Å². The monoisotopic (exact) mass is 337 g/mol. The average molecular weight is 338 g/mol.